The Labute approximate surface area is 150 Å². The predicted octanol–water partition coefficient (Wildman–Crippen LogP) is 5.92. The number of hydrogen-bond donors (Lipinski definition) is 0. The van der Waals surface area contributed by atoms with Crippen LogP contribution in [0, 0.1) is 35.5 Å². The minimum Gasteiger partial charge on any atom is -0.0851 e. The van der Waals surface area contributed by atoms with E-state index in [1.165, 1.54) is 57.8 Å². The topological polar surface area (TPSA) is 0 Å². The normalized spacial score (nSPS) is 43.6. The van der Waals surface area contributed by atoms with Gasteiger partial charge in [-0.05, 0) is 93.3 Å². The molecule has 0 amide bonds. The summed E-state index contributed by atoms with van der Waals surface area (Å²) in [5, 5.41) is 0. The maximum absolute atomic E-state index is 2.38. The molecule has 0 aromatic carbocycles. The van der Waals surface area contributed by atoms with E-state index in [0.717, 1.165) is 35.5 Å². The molecule has 0 aliphatic heterocycles. The van der Waals surface area contributed by atoms with Gasteiger partial charge in [-0.15, -0.1) is 0 Å². The first-order valence-corrected chi connectivity index (χ1v) is 9.40. The molecule has 0 radical (unpaired) electrons. The second-order valence-corrected chi connectivity index (χ2v) is 8.15. The van der Waals surface area contributed by atoms with Gasteiger partial charge in [0.2, 0.25) is 0 Å². The zero-order chi connectivity index (χ0) is 14.1. The van der Waals surface area contributed by atoms with Gasteiger partial charge >= 0.3 is 0 Å². The monoisotopic (exact) mass is 388 g/mol. The van der Waals surface area contributed by atoms with E-state index in [0.29, 0.717) is 0 Å². The Morgan fingerprint density at radius 3 is 0.591 bits per heavy atom. The molecular formula is C21H30Pd. The summed E-state index contributed by atoms with van der Waals surface area (Å²) in [5.41, 5.74) is 0. The van der Waals surface area contributed by atoms with Crippen molar-refractivity contribution >= 4 is 0 Å². The molecule has 6 bridgehead atoms. The Morgan fingerprint density at radius 2 is 0.545 bits per heavy atom. The Bertz CT molecular complexity index is 344. The van der Waals surface area contributed by atoms with E-state index in [9.17, 15) is 0 Å². The fourth-order valence-corrected chi connectivity index (χ4v) is 5.15. The zero-order valence-electron chi connectivity index (χ0n) is 13.6. The fraction of sp³-hybridized carbons (Fsp3) is 0.714. The Morgan fingerprint density at radius 1 is 0.364 bits per heavy atom. The van der Waals surface area contributed by atoms with Crippen LogP contribution in [0.3, 0.4) is 0 Å². The van der Waals surface area contributed by atoms with Crippen molar-refractivity contribution in [2.24, 2.45) is 35.5 Å². The summed E-state index contributed by atoms with van der Waals surface area (Å²) in [6.07, 6.45) is 27.6. The first-order chi connectivity index (χ1) is 10.3. The molecule has 124 valence electrons. The van der Waals surface area contributed by atoms with Gasteiger partial charge in [-0.25, -0.2) is 0 Å². The Kier molecular flexibility index (Phi) is 5.81. The van der Waals surface area contributed by atoms with Crippen molar-refractivity contribution in [3.05, 3.63) is 36.5 Å². The van der Waals surface area contributed by atoms with Crippen molar-refractivity contribution in [2.45, 2.75) is 57.8 Å². The number of allylic oxidation sites excluding steroid dienone is 6. The van der Waals surface area contributed by atoms with Gasteiger partial charge in [0.1, 0.15) is 0 Å². The molecule has 0 aromatic rings. The molecule has 6 aliphatic rings. The summed E-state index contributed by atoms with van der Waals surface area (Å²) >= 11 is 0. The standard InChI is InChI=1S/3C7H10.Pd/c3*1-2-7-4-3-6(1)5-7;/h3*1-2,6-7H,3-5H2;. The minimum atomic E-state index is 0. The first-order valence-electron chi connectivity index (χ1n) is 9.40. The summed E-state index contributed by atoms with van der Waals surface area (Å²) < 4.78 is 0. The second kappa shape index (κ2) is 7.63. The quantitative estimate of drug-likeness (QED) is 0.357. The van der Waals surface area contributed by atoms with Crippen molar-refractivity contribution in [1.82, 2.24) is 0 Å². The van der Waals surface area contributed by atoms with Crippen LogP contribution < -0.4 is 0 Å². The third-order valence-corrected chi connectivity index (χ3v) is 6.51. The van der Waals surface area contributed by atoms with Crippen molar-refractivity contribution in [1.29, 1.82) is 0 Å². The molecule has 6 aliphatic carbocycles. The molecule has 6 unspecified atom stereocenters. The molecule has 0 saturated heterocycles. The van der Waals surface area contributed by atoms with Gasteiger partial charge in [-0.1, -0.05) is 36.5 Å². The van der Waals surface area contributed by atoms with Crippen LogP contribution in [-0.4, -0.2) is 0 Å². The largest absolute Gasteiger partial charge is 0.0851 e. The van der Waals surface area contributed by atoms with E-state index < -0.39 is 0 Å². The molecule has 22 heavy (non-hydrogen) atoms. The number of hydrogen-bond acceptors (Lipinski definition) is 0. The Hall–Kier alpha value is -0.118. The van der Waals surface area contributed by atoms with Crippen LogP contribution in [0.2, 0.25) is 0 Å². The van der Waals surface area contributed by atoms with Crippen molar-refractivity contribution in [2.75, 3.05) is 0 Å². The van der Waals surface area contributed by atoms with Crippen LogP contribution in [-0.2, 0) is 20.4 Å². The fourth-order valence-electron chi connectivity index (χ4n) is 5.15. The van der Waals surface area contributed by atoms with Gasteiger partial charge in [-0.2, -0.15) is 0 Å². The van der Waals surface area contributed by atoms with Gasteiger partial charge in [0, 0.05) is 20.4 Å². The van der Waals surface area contributed by atoms with Gasteiger partial charge in [-0.3, -0.25) is 0 Å². The molecule has 1 heteroatoms. The van der Waals surface area contributed by atoms with Gasteiger partial charge in [0.25, 0.3) is 0 Å². The smallest absolute Gasteiger partial charge is 0 e. The average molecular weight is 389 g/mol. The molecule has 0 heterocycles. The molecule has 0 nitrogen and oxygen atoms in total. The van der Waals surface area contributed by atoms with Gasteiger partial charge < -0.3 is 0 Å². The third-order valence-electron chi connectivity index (χ3n) is 6.51. The van der Waals surface area contributed by atoms with Crippen LogP contribution in [0.4, 0.5) is 0 Å². The minimum absolute atomic E-state index is 0. The van der Waals surface area contributed by atoms with Crippen molar-refractivity contribution in [3.8, 4) is 0 Å². The molecule has 6 rings (SSSR count). The van der Waals surface area contributed by atoms with E-state index in [1.54, 1.807) is 0 Å². The average Bonchev–Trinajstić information content (AvgIpc) is 3.39. The molecular weight excluding hydrogens is 359 g/mol. The van der Waals surface area contributed by atoms with Crippen LogP contribution >= 0.6 is 0 Å². The van der Waals surface area contributed by atoms with Crippen molar-refractivity contribution in [3.63, 3.8) is 0 Å². The van der Waals surface area contributed by atoms with Gasteiger partial charge in [0.05, 0.1) is 0 Å². The zero-order valence-corrected chi connectivity index (χ0v) is 15.2. The van der Waals surface area contributed by atoms with Crippen molar-refractivity contribution < 1.29 is 20.4 Å². The maximum Gasteiger partial charge on any atom is 0 e. The van der Waals surface area contributed by atoms with Crippen LogP contribution in [0.1, 0.15) is 57.8 Å². The predicted molar refractivity (Wildman–Crippen MR) is 89.9 cm³/mol. The van der Waals surface area contributed by atoms with Gasteiger partial charge in [0.15, 0.2) is 0 Å². The van der Waals surface area contributed by atoms with Crippen LogP contribution in [0.25, 0.3) is 0 Å². The van der Waals surface area contributed by atoms with Crippen LogP contribution in [0.5, 0.6) is 0 Å². The third kappa shape index (κ3) is 4.04. The second-order valence-electron chi connectivity index (χ2n) is 8.15. The van der Waals surface area contributed by atoms with E-state index in [2.05, 4.69) is 36.5 Å². The number of rotatable bonds is 0. The summed E-state index contributed by atoms with van der Waals surface area (Å²) in [7, 11) is 0. The first kappa shape index (κ1) is 16.7. The summed E-state index contributed by atoms with van der Waals surface area (Å²) in [6.45, 7) is 0. The Balaban J connectivity index is 0.0000000960. The molecule has 0 aromatic heterocycles. The SMILES string of the molecule is C1=CC2CCC1C2.C1=CC2CCC1C2.C1=CC2CCC1C2.[Pd]. The summed E-state index contributed by atoms with van der Waals surface area (Å²) in [5.74, 6) is 5.94. The van der Waals surface area contributed by atoms with Crippen LogP contribution in [0.15, 0.2) is 36.5 Å². The van der Waals surface area contributed by atoms with E-state index >= 15 is 0 Å². The number of fused-ring (bicyclic) bond motifs is 6. The molecule has 0 spiro atoms. The molecule has 3 fully saturated rings. The summed E-state index contributed by atoms with van der Waals surface area (Å²) in [6, 6.07) is 0. The summed E-state index contributed by atoms with van der Waals surface area (Å²) in [4.78, 5) is 0. The van der Waals surface area contributed by atoms with E-state index in [-0.39, 0.29) is 20.4 Å². The van der Waals surface area contributed by atoms with E-state index in [1.807, 2.05) is 0 Å². The van der Waals surface area contributed by atoms with E-state index in [4.69, 9.17) is 0 Å². The molecule has 6 atom stereocenters. The maximum atomic E-state index is 2.38. The molecule has 3 saturated carbocycles. The molecule has 0 N–H and O–H groups in total.